The molecule has 1 aromatic carbocycles. The molecule has 0 amide bonds. The summed E-state index contributed by atoms with van der Waals surface area (Å²) in [5.74, 6) is -0.192. The Morgan fingerprint density at radius 3 is 2.68 bits per heavy atom. The molecule has 0 aliphatic heterocycles. The Hall–Kier alpha value is -2.37. The molecule has 1 aliphatic rings. The molecule has 6 heteroatoms. The average Bonchev–Trinajstić information content (AvgIpc) is 3.00. The molecule has 6 nitrogen and oxygen atoms in total. The van der Waals surface area contributed by atoms with Crippen molar-refractivity contribution in [2.24, 2.45) is 0 Å². The van der Waals surface area contributed by atoms with Gasteiger partial charge in [0.1, 0.15) is 11.4 Å². The third-order valence-corrected chi connectivity index (χ3v) is 4.21. The Kier molecular flexibility index (Phi) is 4.09. The van der Waals surface area contributed by atoms with E-state index in [9.17, 15) is 9.90 Å². The first-order valence-electron chi connectivity index (χ1n) is 7.54. The topological polar surface area (TPSA) is 77.2 Å². The number of carboxylic acid groups (broad SMARTS) is 1. The van der Waals surface area contributed by atoms with Crippen LogP contribution < -0.4 is 4.74 Å². The number of hydrogen-bond donors (Lipinski definition) is 1. The first kappa shape index (κ1) is 14.6. The first-order chi connectivity index (χ1) is 10.7. The van der Waals surface area contributed by atoms with Crippen LogP contribution in [-0.2, 0) is 0 Å². The van der Waals surface area contributed by atoms with Crippen molar-refractivity contribution in [1.29, 1.82) is 0 Å². The SMILES string of the molecule is COc1ccccc1-n1nnc(C(=O)O)c1C1CCCCC1. The predicted molar refractivity (Wildman–Crippen MR) is 80.7 cm³/mol. The Morgan fingerprint density at radius 1 is 1.27 bits per heavy atom. The van der Waals surface area contributed by atoms with Crippen LogP contribution in [0, 0.1) is 0 Å². The van der Waals surface area contributed by atoms with Gasteiger partial charge < -0.3 is 9.84 Å². The lowest BCUT2D eigenvalue weighted by Gasteiger charge is -2.23. The van der Waals surface area contributed by atoms with Gasteiger partial charge in [0, 0.05) is 5.92 Å². The molecule has 0 radical (unpaired) electrons. The lowest BCUT2D eigenvalue weighted by atomic mass is 9.86. The van der Waals surface area contributed by atoms with Crippen LogP contribution in [0.15, 0.2) is 24.3 Å². The van der Waals surface area contributed by atoms with Crippen LogP contribution in [0.4, 0.5) is 0 Å². The molecule has 0 atom stereocenters. The van der Waals surface area contributed by atoms with Crippen LogP contribution in [-0.4, -0.2) is 33.2 Å². The smallest absolute Gasteiger partial charge is 0.358 e. The second kappa shape index (κ2) is 6.17. The molecule has 0 bridgehead atoms. The summed E-state index contributed by atoms with van der Waals surface area (Å²) in [6.45, 7) is 0. The number of hydrogen-bond acceptors (Lipinski definition) is 4. The van der Waals surface area contributed by atoms with Crippen LogP contribution in [0.3, 0.4) is 0 Å². The Balaban J connectivity index is 2.13. The monoisotopic (exact) mass is 301 g/mol. The summed E-state index contributed by atoms with van der Waals surface area (Å²) in [7, 11) is 1.59. The molecule has 0 unspecified atom stereocenters. The van der Waals surface area contributed by atoms with Crippen LogP contribution >= 0.6 is 0 Å². The standard InChI is InChI=1S/C16H19N3O3/c1-22-13-10-6-5-9-12(13)19-15(11-7-3-2-4-8-11)14(16(20)21)17-18-19/h5-6,9-11H,2-4,7-8H2,1H3,(H,20,21). The van der Waals surface area contributed by atoms with E-state index < -0.39 is 5.97 Å². The van der Waals surface area contributed by atoms with Gasteiger partial charge in [0.2, 0.25) is 0 Å². The van der Waals surface area contributed by atoms with E-state index in [0.717, 1.165) is 31.4 Å². The molecule has 1 heterocycles. The molecule has 1 N–H and O–H groups in total. The molecular weight excluding hydrogens is 282 g/mol. The van der Waals surface area contributed by atoms with Crippen LogP contribution in [0.2, 0.25) is 0 Å². The maximum atomic E-state index is 11.5. The number of carboxylic acids is 1. The Morgan fingerprint density at radius 2 is 2.00 bits per heavy atom. The molecule has 3 rings (SSSR count). The maximum absolute atomic E-state index is 11.5. The number of nitrogens with zero attached hydrogens (tertiary/aromatic N) is 3. The number of benzene rings is 1. The van der Waals surface area contributed by atoms with Gasteiger partial charge in [0.05, 0.1) is 12.8 Å². The van der Waals surface area contributed by atoms with E-state index in [4.69, 9.17) is 4.74 Å². The lowest BCUT2D eigenvalue weighted by molar-refractivity contribution is 0.0688. The summed E-state index contributed by atoms with van der Waals surface area (Å²) in [4.78, 5) is 11.5. The van der Waals surface area contributed by atoms with E-state index in [1.165, 1.54) is 6.42 Å². The largest absolute Gasteiger partial charge is 0.494 e. The van der Waals surface area contributed by atoms with Crippen molar-refractivity contribution in [3.05, 3.63) is 35.7 Å². The summed E-state index contributed by atoms with van der Waals surface area (Å²) in [6.07, 6.45) is 5.38. The van der Waals surface area contributed by atoms with E-state index in [0.29, 0.717) is 11.4 Å². The number of aromatic carboxylic acids is 1. The minimum Gasteiger partial charge on any atom is -0.494 e. The molecule has 1 fully saturated rings. The highest BCUT2D eigenvalue weighted by atomic mass is 16.5. The van der Waals surface area contributed by atoms with E-state index in [1.807, 2.05) is 24.3 Å². The van der Waals surface area contributed by atoms with Gasteiger partial charge in [0.25, 0.3) is 0 Å². The van der Waals surface area contributed by atoms with Crippen molar-refractivity contribution >= 4 is 5.97 Å². The van der Waals surface area contributed by atoms with Gasteiger partial charge in [-0.2, -0.15) is 0 Å². The van der Waals surface area contributed by atoms with E-state index in [1.54, 1.807) is 11.8 Å². The van der Waals surface area contributed by atoms with E-state index >= 15 is 0 Å². The third-order valence-electron chi connectivity index (χ3n) is 4.21. The Labute approximate surface area is 128 Å². The van der Waals surface area contributed by atoms with Crippen molar-refractivity contribution in [3.63, 3.8) is 0 Å². The van der Waals surface area contributed by atoms with E-state index in [2.05, 4.69) is 10.3 Å². The number of ether oxygens (including phenoxy) is 1. The van der Waals surface area contributed by atoms with Gasteiger partial charge >= 0.3 is 5.97 Å². The Bertz CT molecular complexity index is 675. The molecule has 1 aromatic heterocycles. The van der Waals surface area contributed by atoms with E-state index in [-0.39, 0.29) is 11.6 Å². The number of carbonyl (C=O) groups is 1. The number of rotatable bonds is 4. The molecule has 0 saturated heterocycles. The first-order valence-corrected chi connectivity index (χ1v) is 7.54. The molecule has 116 valence electrons. The highest BCUT2D eigenvalue weighted by Crippen LogP contribution is 2.36. The number of aromatic nitrogens is 3. The van der Waals surface area contributed by atoms with Gasteiger partial charge in [-0.25, -0.2) is 9.48 Å². The fourth-order valence-electron chi connectivity index (χ4n) is 3.17. The fourth-order valence-corrected chi connectivity index (χ4v) is 3.17. The average molecular weight is 301 g/mol. The van der Waals surface area contributed by atoms with Gasteiger partial charge in [-0.3, -0.25) is 0 Å². The van der Waals surface area contributed by atoms with Gasteiger partial charge in [0.15, 0.2) is 5.69 Å². The van der Waals surface area contributed by atoms with Crippen molar-refractivity contribution in [1.82, 2.24) is 15.0 Å². The third kappa shape index (κ3) is 2.56. The minimum absolute atomic E-state index is 0.0535. The summed E-state index contributed by atoms with van der Waals surface area (Å²) in [5, 5.41) is 17.4. The molecule has 0 spiro atoms. The second-order valence-electron chi connectivity index (χ2n) is 5.55. The molecule has 1 aliphatic carbocycles. The lowest BCUT2D eigenvalue weighted by Crippen LogP contribution is -2.15. The quantitative estimate of drug-likeness (QED) is 0.939. The zero-order chi connectivity index (χ0) is 15.5. The molecule has 22 heavy (non-hydrogen) atoms. The maximum Gasteiger partial charge on any atom is 0.358 e. The summed E-state index contributed by atoms with van der Waals surface area (Å²) < 4.78 is 7.01. The van der Waals surface area contributed by atoms with Crippen LogP contribution in [0.5, 0.6) is 5.75 Å². The highest BCUT2D eigenvalue weighted by Gasteiger charge is 2.29. The van der Waals surface area contributed by atoms with Crippen molar-refractivity contribution < 1.29 is 14.6 Å². The van der Waals surface area contributed by atoms with Gasteiger partial charge in [-0.15, -0.1) is 5.10 Å². The summed E-state index contributed by atoms with van der Waals surface area (Å²) >= 11 is 0. The molecule has 2 aromatic rings. The fraction of sp³-hybridized carbons (Fsp3) is 0.438. The predicted octanol–water partition coefficient (Wildman–Crippen LogP) is 3.02. The zero-order valence-corrected chi connectivity index (χ0v) is 12.5. The molecule has 1 saturated carbocycles. The normalized spacial score (nSPS) is 15.7. The number of methoxy groups -OCH3 is 1. The van der Waals surface area contributed by atoms with Crippen molar-refractivity contribution in [2.45, 2.75) is 38.0 Å². The summed E-state index contributed by atoms with van der Waals surface area (Å²) in [6, 6.07) is 7.45. The van der Waals surface area contributed by atoms with Crippen LogP contribution in [0.1, 0.15) is 54.2 Å². The van der Waals surface area contributed by atoms with Crippen LogP contribution in [0.25, 0.3) is 5.69 Å². The minimum atomic E-state index is -1.03. The number of para-hydroxylation sites is 2. The summed E-state index contributed by atoms with van der Waals surface area (Å²) in [5.41, 5.74) is 1.47. The second-order valence-corrected chi connectivity index (χ2v) is 5.55. The van der Waals surface area contributed by atoms with Crippen molar-refractivity contribution in [3.8, 4) is 11.4 Å². The molecular formula is C16H19N3O3. The zero-order valence-electron chi connectivity index (χ0n) is 12.5. The van der Waals surface area contributed by atoms with Gasteiger partial charge in [-0.05, 0) is 25.0 Å². The van der Waals surface area contributed by atoms with Crippen molar-refractivity contribution in [2.75, 3.05) is 7.11 Å². The van der Waals surface area contributed by atoms with Gasteiger partial charge in [-0.1, -0.05) is 36.6 Å². The highest BCUT2D eigenvalue weighted by molar-refractivity contribution is 5.87.